The van der Waals surface area contributed by atoms with Crippen molar-refractivity contribution in [3.8, 4) is 5.75 Å². The highest BCUT2D eigenvalue weighted by Gasteiger charge is 2.25. The molecule has 0 bridgehead atoms. The molecule has 88 valence electrons. The molecule has 0 saturated heterocycles. The monoisotopic (exact) mass is 230 g/mol. The van der Waals surface area contributed by atoms with Crippen LogP contribution in [-0.2, 0) is 4.79 Å². The Balaban J connectivity index is 2.30. The third kappa shape index (κ3) is 2.20. The van der Waals surface area contributed by atoms with Gasteiger partial charge in [-0.1, -0.05) is 12.1 Å². The van der Waals surface area contributed by atoms with Crippen LogP contribution >= 0.6 is 0 Å². The van der Waals surface area contributed by atoms with Crippen LogP contribution in [0.15, 0.2) is 35.0 Å². The predicted molar refractivity (Wildman–Crippen MR) is 66.6 cm³/mol. The molecule has 1 aromatic carbocycles. The molecular formula is C13H14N2O2. The van der Waals surface area contributed by atoms with E-state index >= 15 is 0 Å². The lowest BCUT2D eigenvalue weighted by Crippen LogP contribution is -2.29. The smallest absolute Gasteiger partial charge is 0.277 e. The molecule has 17 heavy (non-hydrogen) atoms. The third-order valence-corrected chi connectivity index (χ3v) is 2.65. The summed E-state index contributed by atoms with van der Waals surface area (Å²) in [6.07, 6.45) is 1.72. The lowest BCUT2D eigenvalue weighted by atomic mass is 10.2. The topological polar surface area (TPSA) is 52.9 Å². The van der Waals surface area contributed by atoms with Crippen molar-refractivity contribution in [2.45, 2.75) is 13.8 Å². The molecule has 1 aromatic rings. The normalized spacial score (nSPS) is 17.8. The van der Waals surface area contributed by atoms with E-state index in [1.807, 2.05) is 13.8 Å². The van der Waals surface area contributed by atoms with Crippen LogP contribution < -0.4 is 0 Å². The van der Waals surface area contributed by atoms with Crippen molar-refractivity contribution >= 4 is 17.8 Å². The fourth-order valence-electron chi connectivity index (χ4n) is 1.76. The van der Waals surface area contributed by atoms with Crippen molar-refractivity contribution in [3.63, 3.8) is 0 Å². The number of amidine groups is 1. The van der Waals surface area contributed by atoms with Gasteiger partial charge in [0.05, 0.1) is 0 Å². The minimum absolute atomic E-state index is 0.0712. The van der Waals surface area contributed by atoms with E-state index in [2.05, 4.69) is 4.99 Å². The molecule has 1 aliphatic heterocycles. The van der Waals surface area contributed by atoms with Crippen LogP contribution in [0, 0.1) is 0 Å². The van der Waals surface area contributed by atoms with E-state index in [4.69, 9.17) is 5.11 Å². The standard InChI is InChI=1S/C13H14N2O2/c1-3-15-9(2)14-12(13(15)17)8-10-4-6-11(16)7-5-10/h4-8,16H,3H2,1-2H3/b12-8+. The zero-order valence-electron chi connectivity index (χ0n) is 9.84. The van der Waals surface area contributed by atoms with Crippen molar-refractivity contribution in [3.05, 3.63) is 35.5 Å². The van der Waals surface area contributed by atoms with E-state index in [0.29, 0.717) is 12.2 Å². The molecule has 0 spiro atoms. The number of nitrogens with zero attached hydrogens (tertiary/aromatic N) is 2. The molecule has 0 radical (unpaired) electrons. The van der Waals surface area contributed by atoms with Gasteiger partial charge in [-0.05, 0) is 37.6 Å². The molecule has 0 fully saturated rings. The Morgan fingerprint density at radius 3 is 2.53 bits per heavy atom. The van der Waals surface area contributed by atoms with Crippen molar-refractivity contribution < 1.29 is 9.90 Å². The van der Waals surface area contributed by atoms with E-state index < -0.39 is 0 Å². The number of rotatable bonds is 2. The Kier molecular flexibility index (Phi) is 2.95. The van der Waals surface area contributed by atoms with Crippen molar-refractivity contribution in [1.82, 2.24) is 4.90 Å². The summed E-state index contributed by atoms with van der Waals surface area (Å²) >= 11 is 0. The number of aromatic hydroxyl groups is 1. The molecule has 2 rings (SSSR count). The van der Waals surface area contributed by atoms with Gasteiger partial charge in [0.25, 0.3) is 5.91 Å². The van der Waals surface area contributed by atoms with Gasteiger partial charge < -0.3 is 5.11 Å². The first kappa shape index (κ1) is 11.4. The molecule has 4 nitrogen and oxygen atoms in total. The lowest BCUT2D eigenvalue weighted by Gasteiger charge is -2.11. The molecule has 0 aromatic heterocycles. The van der Waals surface area contributed by atoms with Gasteiger partial charge in [0.15, 0.2) is 0 Å². The molecule has 0 aliphatic carbocycles. The molecule has 1 heterocycles. The van der Waals surface area contributed by atoms with Crippen LogP contribution in [0.1, 0.15) is 19.4 Å². The minimum atomic E-state index is -0.0712. The molecular weight excluding hydrogens is 216 g/mol. The summed E-state index contributed by atoms with van der Waals surface area (Å²) in [6.45, 7) is 4.36. The molecule has 0 atom stereocenters. The first-order valence-corrected chi connectivity index (χ1v) is 5.49. The lowest BCUT2D eigenvalue weighted by molar-refractivity contribution is -0.122. The Morgan fingerprint density at radius 2 is 2.00 bits per heavy atom. The Labute approximate surface area is 99.9 Å². The summed E-state index contributed by atoms with van der Waals surface area (Å²) in [7, 11) is 0. The summed E-state index contributed by atoms with van der Waals surface area (Å²) < 4.78 is 0. The summed E-state index contributed by atoms with van der Waals surface area (Å²) in [4.78, 5) is 17.8. The quantitative estimate of drug-likeness (QED) is 0.790. The molecule has 1 N–H and O–H groups in total. The number of hydrogen-bond donors (Lipinski definition) is 1. The van der Waals surface area contributed by atoms with Crippen LogP contribution in [-0.4, -0.2) is 28.3 Å². The largest absolute Gasteiger partial charge is 0.508 e. The zero-order chi connectivity index (χ0) is 12.4. The van der Waals surface area contributed by atoms with Crippen LogP contribution in [0.2, 0.25) is 0 Å². The van der Waals surface area contributed by atoms with Gasteiger partial charge >= 0.3 is 0 Å². The Morgan fingerprint density at radius 1 is 1.35 bits per heavy atom. The number of phenols is 1. The van der Waals surface area contributed by atoms with Gasteiger partial charge in [0.1, 0.15) is 17.3 Å². The van der Waals surface area contributed by atoms with Crippen LogP contribution in [0.4, 0.5) is 0 Å². The number of carbonyl (C=O) groups excluding carboxylic acids is 1. The zero-order valence-corrected chi connectivity index (χ0v) is 9.84. The van der Waals surface area contributed by atoms with Gasteiger partial charge in [-0.25, -0.2) is 4.99 Å². The second-order valence-electron chi connectivity index (χ2n) is 3.83. The van der Waals surface area contributed by atoms with Gasteiger partial charge in [-0.3, -0.25) is 9.69 Å². The summed E-state index contributed by atoms with van der Waals surface area (Å²) in [5.74, 6) is 0.861. The average molecular weight is 230 g/mol. The van der Waals surface area contributed by atoms with Gasteiger partial charge in [0.2, 0.25) is 0 Å². The maximum Gasteiger partial charge on any atom is 0.277 e. The van der Waals surface area contributed by atoms with Gasteiger partial charge in [0, 0.05) is 6.54 Å². The number of likely N-dealkylation sites (N-methyl/N-ethyl adjacent to an activating group) is 1. The van der Waals surface area contributed by atoms with Gasteiger partial charge in [-0.15, -0.1) is 0 Å². The van der Waals surface area contributed by atoms with E-state index in [1.165, 1.54) is 0 Å². The predicted octanol–water partition coefficient (Wildman–Crippen LogP) is 2.01. The highest BCUT2D eigenvalue weighted by atomic mass is 16.3. The molecule has 0 unspecified atom stereocenters. The van der Waals surface area contributed by atoms with E-state index in [1.54, 1.807) is 35.2 Å². The van der Waals surface area contributed by atoms with Gasteiger partial charge in [-0.2, -0.15) is 0 Å². The SMILES string of the molecule is CCN1C(=O)/C(=C\c2ccc(O)cc2)N=C1C. The summed E-state index contributed by atoms with van der Waals surface area (Å²) in [6, 6.07) is 6.66. The number of carbonyl (C=O) groups is 1. The van der Waals surface area contributed by atoms with Crippen LogP contribution in [0.3, 0.4) is 0 Å². The molecule has 1 amide bonds. The number of amides is 1. The molecule has 0 saturated carbocycles. The van der Waals surface area contributed by atoms with Crippen molar-refractivity contribution in [2.75, 3.05) is 6.54 Å². The maximum absolute atomic E-state index is 11.9. The van der Waals surface area contributed by atoms with Crippen LogP contribution in [0.5, 0.6) is 5.75 Å². The Hall–Kier alpha value is -2.10. The van der Waals surface area contributed by atoms with Crippen molar-refractivity contribution in [2.24, 2.45) is 4.99 Å². The maximum atomic E-state index is 11.9. The fourth-order valence-corrected chi connectivity index (χ4v) is 1.76. The fraction of sp³-hybridized carbons (Fsp3) is 0.231. The average Bonchev–Trinajstić information content (AvgIpc) is 2.57. The molecule has 1 aliphatic rings. The first-order chi connectivity index (χ1) is 8.11. The van der Waals surface area contributed by atoms with E-state index in [-0.39, 0.29) is 11.7 Å². The first-order valence-electron chi connectivity index (χ1n) is 5.49. The number of aliphatic imine (C=N–C) groups is 1. The second-order valence-corrected chi connectivity index (χ2v) is 3.83. The van der Waals surface area contributed by atoms with E-state index in [9.17, 15) is 4.79 Å². The second kappa shape index (κ2) is 4.41. The highest BCUT2D eigenvalue weighted by Crippen LogP contribution is 2.19. The van der Waals surface area contributed by atoms with Crippen LogP contribution in [0.25, 0.3) is 6.08 Å². The Bertz CT molecular complexity index is 501. The summed E-state index contributed by atoms with van der Waals surface area (Å²) in [5, 5.41) is 9.17. The summed E-state index contributed by atoms with van der Waals surface area (Å²) in [5.41, 5.74) is 1.29. The number of hydrogen-bond acceptors (Lipinski definition) is 3. The molecule has 4 heteroatoms. The van der Waals surface area contributed by atoms with E-state index in [0.717, 1.165) is 11.4 Å². The third-order valence-electron chi connectivity index (χ3n) is 2.65. The highest BCUT2D eigenvalue weighted by molar-refractivity contribution is 6.13. The van der Waals surface area contributed by atoms with Crippen molar-refractivity contribution in [1.29, 1.82) is 0 Å². The number of benzene rings is 1. The minimum Gasteiger partial charge on any atom is -0.508 e. The number of phenolic OH excluding ortho intramolecular Hbond substituents is 1.